The molecule has 0 amide bonds. The SMILES string of the molecule is COc1ccc(Br)cc1CN=C(NCc1nnc(C)n1C)NC1CCCCC1.I. The number of aliphatic imine (C=N–C) groups is 1. The fourth-order valence-electron chi connectivity index (χ4n) is 3.40. The van der Waals surface area contributed by atoms with Crippen molar-refractivity contribution in [2.45, 2.75) is 58.2 Å². The summed E-state index contributed by atoms with van der Waals surface area (Å²) in [5.74, 6) is 3.42. The van der Waals surface area contributed by atoms with Crippen LogP contribution in [0.4, 0.5) is 0 Å². The molecule has 1 aliphatic rings. The number of hydrogen-bond acceptors (Lipinski definition) is 4. The van der Waals surface area contributed by atoms with Crippen LogP contribution in [0.3, 0.4) is 0 Å². The Labute approximate surface area is 198 Å². The van der Waals surface area contributed by atoms with Crippen molar-refractivity contribution >= 4 is 45.9 Å². The smallest absolute Gasteiger partial charge is 0.192 e. The number of methoxy groups -OCH3 is 1. The van der Waals surface area contributed by atoms with E-state index in [-0.39, 0.29) is 24.0 Å². The summed E-state index contributed by atoms with van der Waals surface area (Å²) in [5, 5.41) is 15.4. The van der Waals surface area contributed by atoms with Gasteiger partial charge in [0.25, 0.3) is 0 Å². The van der Waals surface area contributed by atoms with Gasteiger partial charge in [0.05, 0.1) is 20.2 Å². The Morgan fingerprint density at radius 1 is 1.28 bits per heavy atom. The van der Waals surface area contributed by atoms with Crippen LogP contribution in [0.2, 0.25) is 0 Å². The molecule has 9 heteroatoms. The van der Waals surface area contributed by atoms with E-state index in [1.165, 1.54) is 32.1 Å². The van der Waals surface area contributed by atoms with Crippen LogP contribution in [0.1, 0.15) is 49.3 Å². The molecular formula is C20H30BrIN6O. The Hall–Kier alpha value is -1.36. The van der Waals surface area contributed by atoms with Gasteiger partial charge in [-0.15, -0.1) is 34.2 Å². The van der Waals surface area contributed by atoms with E-state index < -0.39 is 0 Å². The highest BCUT2D eigenvalue weighted by atomic mass is 127. The standard InChI is InChI=1S/C20H29BrN6O.HI/c1-14-25-26-19(27(14)2)13-23-20(24-17-7-5-4-6-8-17)22-12-15-11-16(21)9-10-18(15)28-3;/h9-11,17H,4-8,12-13H2,1-3H3,(H2,22,23,24);1H. The van der Waals surface area contributed by atoms with Gasteiger partial charge >= 0.3 is 0 Å². The molecule has 0 unspecified atom stereocenters. The lowest BCUT2D eigenvalue weighted by Gasteiger charge is -2.25. The van der Waals surface area contributed by atoms with Crippen LogP contribution in [0.15, 0.2) is 27.7 Å². The lowest BCUT2D eigenvalue weighted by atomic mass is 9.96. The molecule has 1 fully saturated rings. The highest BCUT2D eigenvalue weighted by molar-refractivity contribution is 14.0. The Morgan fingerprint density at radius 2 is 2.03 bits per heavy atom. The van der Waals surface area contributed by atoms with Crippen molar-refractivity contribution in [2.75, 3.05) is 7.11 Å². The van der Waals surface area contributed by atoms with Crippen molar-refractivity contribution in [1.29, 1.82) is 0 Å². The molecule has 0 spiro atoms. The van der Waals surface area contributed by atoms with Gasteiger partial charge in [0.2, 0.25) is 0 Å². The summed E-state index contributed by atoms with van der Waals surface area (Å²) in [7, 11) is 3.66. The third kappa shape index (κ3) is 6.84. The van der Waals surface area contributed by atoms with E-state index in [4.69, 9.17) is 9.73 Å². The van der Waals surface area contributed by atoms with Crippen LogP contribution in [0, 0.1) is 6.92 Å². The molecule has 0 aliphatic heterocycles. The number of rotatable bonds is 6. The van der Waals surface area contributed by atoms with Crippen LogP contribution < -0.4 is 15.4 Å². The molecule has 29 heavy (non-hydrogen) atoms. The molecule has 3 rings (SSSR count). The zero-order valence-electron chi connectivity index (χ0n) is 17.2. The summed E-state index contributed by atoms with van der Waals surface area (Å²) < 4.78 is 8.48. The van der Waals surface area contributed by atoms with Gasteiger partial charge in [-0.05, 0) is 38.0 Å². The van der Waals surface area contributed by atoms with Crippen LogP contribution in [-0.4, -0.2) is 33.9 Å². The normalized spacial score (nSPS) is 15.0. The van der Waals surface area contributed by atoms with Crippen LogP contribution in [-0.2, 0) is 20.1 Å². The molecule has 0 atom stereocenters. The number of aryl methyl sites for hydroxylation is 1. The summed E-state index contributed by atoms with van der Waals surface area (Å²) in [6, 6.07) is 6.44. The van der Waals surface area contributed by atoms with Crippen LogP contribution >= 0.6 is 39.9 Å². The van der Waals surface area contributed by atoms with Crippen molar-refractivity contribution in [3.8, 4) is 5.75 Å². The molecule has 1 saturated carbocycles. The lowest BCUT2D eigenvalue weighted by Crippen LogP contribution is -2.44. The summed E-state index contributed by atoms with van der Waals surface area (Å²) in [4.78, 5) is 4.83. The van der Waals surface area contributed by atoms with Crippen molar-refractivity contribution in [1.82, 2.24) is 25.4 Å². The van der Waals surface area contributed by atoms with E-state index in [9.17, 15) is 0 Å². The zero-order valence-corrected chi connectivity index (χ0v) is 21.2. The van der Waals surface area contributed by atoms with Gasteiger partial charge in [-0.2, -0.15) is 0 Å². The van der Waals surface area contributed by atoms with Crippen molar-refractivity contribution in [3.05, 3.63) is 39.9 Å². The second-order valence-electron chi connectivity index (χ2n) is 7.18. The topological polar surface area (TPSA) is 76.4 Å². The predicted octanol–water partition coefficient (Wildman–Crippen LogP) is 4.08. The zero-order chi connectivity index (χ0) is 19.9. The van der Waals surface area contributed by atoms with E-state index in [2.05, 4.69) is 36.8 Å². The van der Waals surface area contributed by atoms with Gasteiger partial charge in [0.1, 0.15) is 11.6 Å². The van der Waals surface area contributed by atoms with Gasteiger partial charge in [-0.3, -0.25) is 0 Å². The Balaban J connectivity index is 0.00000300. The first-order chi connectivity index (χ1) is 13.6. The molecule has 7 nitrogen and oxygen atoms in total. The average molecular weight is 577 g/mol. The van der Waals surface area contributed by atoms with Crippen molar-refractivity contribution < 1.29 is 4.74 Å². The summed E-state index contributed by atoms with van der Waals surface area (Å²) >= 11 is 3.53. The largest absolute Gasteiger partial charge is 0.496 e. The van der Waals surface area contributed by atoms with Crippen molar-refractivity contribution in [3.63, 3.8) is 0 Å². The Morgan fingerprint density at radius 3 is 2.69 bits per heavy atom. The molecule has 0 saturated heterocycles. The predicted molar refractivity (Wildman–Crippen MR) is 130 cm³/mol. The number of nitrogens with zero attached hydrogens (tertiary/aromatic N) is 4. The maximum Gasteiger partial charge on any atom is 0.192 e. The highest BCUT2D eigenvalue weighted by Crippen LogP contribution is 2.23. The quantitative estimate of drug-likeness (QED) is 0.308. The number of halogens is 2. The second-order valence-corrected chi connectivity index (χ2v) is 8.09. The van der Waals surface area contributed by atoms with E-state index in [1.54, 1.807) is 7.11 Å². The molecule has 2 N–H and O–H groups in total. The Kier molecular flexibility index (Phi) is 9.67. The van der Waals surface area contributed by atoms with Gasteiger partial charge in [-0.1, -0.05) is 35.2 Å². The van der Waals surface area contributed by atoms with E-state index in [0.717, 1.165) is 33.4 Å². The second kappa shape index (κ2) is 11.7. The van der Waals surface area contributed by atoms with Gasteiger partial charge < -0.3 is 19.9 Å². The molecule has 1 heterocycles. The fraction of sp³-hybridized carbons (Fsp3) is 0.550. The number of guanidine groups is 1. The van der Waals surface area contributed by atoms with E-state index in [0.29, 0.717) is 19.1 Å². The number of aromatic nitrogens is 3. The van der Waals surface area contributed by atoms with Gasteiger partial charge in [0.15, 0.2) is 11.8 Å². The third-order valence-electron chi connectivity index (χ3n) is 5.19. The first kappa shape index (κ1) is 23.9. The first-order valence-corrected chi connectivity index (χ1v) is 10.6. The maximum atomic E-state index is 5.48. The molecule has 1 aromatic carbocycles. The van der Waals surface area contributed by atoms with E-state index in [1.807, 2.05) is 36.7 Å². The minimum absolute atomic E-state index is 0. The third-order valence-corrected chi connectivity index (χ3v) is 5.69. The summed E-state index contributed by atoms with van der Waals surface area (Å²) in [6.45, 7) is 3.05. The number of benzene rings is 1. The fourth-order valence-corrected chi connectivity index (χ4v) is 3.80. The van der Waals surface area contributed by atoms with Gasteiger partial charge in [0, 0.05) is 23.1 Å². The molecule has 160 valence electrons. The monoisotopic (exact) mass is 576 g/mol. The van der Waals surface area contributed by atoms with Crippen LogP contribution in [0.5, 0.6) is 5.75 Å². The maximum absolute atomic E-state index is 5.48. The minimum Gasteiger partial charge on any atom is -0.496 e. The number of hydrogen-bond donors (Lipinski definition) is 2. The minimum atomic E-state index is 0. The molecule has 0 bridgehead atoms. The summed E-state index contributed by atoms with van der Waals surface area (Å²) in [6.07, 6.45) is 6.24. The average Bonchev–Trinajstić information content (AvgIpc) is 3.03. The van der Waals surface area contributed by atoms with E-state index >= 15 is 0 Å². The highest BCUT2D eigenvalue weighted by Gasteiger charge is 2.15. The molecular weight excluding hydrogens is 547 g/mol. The van der Waals surface area contributed by atoms with Crippen molar-refractivity contribution in [2.24, 2.45) is 12.0 Å². The molecule has 2 aromatic rings. The first-order valence-electron chi connectivity index (χ1n) is 9.79. The summed E-state index contributed by atoms with van der Waals surface area (Å²) in [5.41, 5.74) is 1.04. The van der Waals surface area contributed by atoms with Crippen LogP contribution in [0.25, 0.3) is 0 Å². The molecule has 1 aliphatic carbocycles. The van der Waals surface area contributed by atoms with Gasteiger partial charge in [-0.25, -0.2) is 4.99 Å². The number of nitrogens with one attached hydrogen (secondary N) is 2. The Bertz CT molecular complexity index is 819. The number of ether oxygens (including phenoxy) is 1. The lowest BCUT2D eigenvalue weighted by molar-refractivity contribution is 0.407. The molecule has 0 radical (unpaired) electrons. The molecule has 1 aromatic heterocycles.